The van der Waals surface area contributed by atoms with Crippen molar-refractivity contribution in [2.45, 2.75) is 37.6 Å². The molecule has 1 aromatic rings. The van der Waals surface area contributed by atoms with Crippen LogP contribution in [-0.4, -0.2) is 27.9 Å². The molecular formula is C10H16N4S. The normalized spacial score (nSPS) is 26.8. The summed E-state index contributed by atoms with van der Waals surface area (Å²) in [4.78, 5) is 0. The van der Waals surface area contributed by atoms with Gasteiger partial charge >= 0.3 is 0 Å². The average molecular weight is 224 g/mol. The number of H-pyrrole nitrogens is 1. The Bertz CT molecular complexity index is 398. The third-order valence-corrected chi connectivity index (χ3v) is 3.59. The number of nitrogens with one attached hydrogen (secondary N) is 2. The number of hydrogen-bond acceptors (Lipinski definition) is 3. The van der Waals surface area contributed by atoms with Crippen LogP contribution in [-0.2, 0) is 0 Å². The van der Waals surface area contributed by atoms with Crippen molar-refractivity contribution in [2.24, 2.45) is 0 Å². The summed E-state index contributed by atoms with van der Waals surface area (Å²) in [6.45, 7) is 2.19. The van der Waals surface area contributed by atoms with E-state index in [1.54, 1.807) is 0 Å². The largest absolute Gasteiger partial charge is 0.316 e. The van der Waals surface area contributed by atoms with Gasteiger partial charge in [0.2, 0.25) is 0 Å². The highest BCUT2D eigenvalue weighted by Gasteiger charge is 2.30. The van der Waals surface area contributed by atoms with Crippen molar-refractivity contribution in [2.75, 3.05) is 13.1 Å². The zero-order valence-electron chi connectivity index (χ0n) is 8.70. The third kappa shape index (κ3) is 1.74. The van der Waals surface area contributed by atoms with Crippen molar-refractivity contribution in [3.05, 3.63) is 10.6 Å². The van der Waals surface area contributed by atoms with Crippen LogP contribution in [0.15, 0.2) is 0 Å². The lowest BCUT2D eigenvalue weighted by Gasteiger charge is -2.22. The first kappa shape index (κ1) is 9.54. The van der Waals surface area contributed by atoms with E-state index >= 15 is 0 Å². The van der Waals surface area contributed by atoms with Crippen LogP contribution in [0.5, 0.6) is 0 Å². The minimum atomic E-state index is 0.548. The molecule has 0 bridgehead atoms. The second-order valence-corrected chi connectivity index (χ2v) is 4.92. The van der Waals surface area contributed by atoms with Crippen molar-refractivity contribution in [1.82, 2.24) is 20.1 Å². The fourth-order valence-electron chi connectivity index (χ4n) is 2.36. The molecule has 3 rings (SSSR count). The maximum atomic E-state index is 5.28. The second kappa shape index (κ2) is 3.72. The molecule has 2 fully saturated rings. The predicted molar refractivity (Wildman–Crippen MR) is 60.5 cm³/mol. The molecule has 5 heteroatoms. The first-order valence-corrected chi connectivity index (χ1v) is 6.14. The van der Waals surface area contributed by atoms with Crippen molar-refractivity contribution in [3.63, 3.8) is 0 Å². The molecule has 1 aliphatic heterocycles. The van der Waals surface area contributed by atoms with Crippen LogP contribution < -0.4 is 5.32 Å². The highest BCUT2D eigenvalue weighted by molar-refractivity contribution is 7.71. The Morgan fingerprint density at radius 3 is 2.87 bits per heavy atom. The maximum absolute atomic E-state index is 5.28. The van der Waals surface area contributed by atoms with Gasteiger partial charge in [-0.2, -0.15) is 5.10 Å². The Labute approximate surface area is 94.1 Å². The number of rotatable bonds is 2. The fraction of sp³-hybridized carbons (Fsp3) is 0.800. The minimum absolute atomic E-state index is 0.548. The van der Waals surface area contributed by atoms with Gasteiger partial charge in [0.15, 0.2) is 4.77 Å². The molecular weight excluding hydrogens is 208 g/mol. The molecule has 0 unspecified atom stereocenters. The monoisotopic (exact) mass is 224 g/mol. The Balaban J connectivity index is 1.92. The third-order valence-electron chi connectivity index (χ3n) is 3.31. The van der Waals surface area contributed by atoms with E-state index in [1.807, 2.05) is 0 Å². The van der Waals surface area contributed by atoms with Gasteiger partial charge in [0.1, 0.15) is 5.82 Å². The van der Waals surface area contributed by atoms with Crippen LogP contribution in [0.3, 0.4) is 0 Å². The zero-order valence-corrected chi connectivity index (χ0v) is 9.52. The van der Waals surface area contributed by atoms with Crippen molar-refractivity contribution >= 4 is 12.2 Å². The number of nitrogens with zero attached hydrogens (tertiary/aromatic N) is 2. The standard InChI is InChI=1S/C10H16N4S/c15-10-13-12-9(14(10)8-3-4-8)7-2-1-5-11-6-7/h7-8,11H,1-6H2,(H,13,15)/t7-/m0/s1. The van der Waals surface area contributed by atoms with Crippen molar-refractivity contribution in [3.8, 4) is 0 Å². The molecule has 4 nitrogen and oxygen atoms in total. The molecule has 1 atom stereocenters. The predicted octanol–water partition coefficient (Wildman–Crippen LogP) is 1.74. The van der Waals surface area contributed by atoms with E-state index < -0.39 is 0 Å². The van der Waals surface area contributed by atoms with Gasteiger partial charge in [-0.25, -0.2) is 0 Å². The van der Waals surface area contributed by atoms with Gasteiger partial charge in [0, 0.05) is 18.5 Å². The minimum Gasteiger partial charge on any atom is -0.316 e. The smallest absolute Gasteiger partial charge is 0.195 e. The topological polar surface area (TPSA) is 45.6 Å². The summed E-state index contributed by atoms with van der Waals surface area (Å²) in [6.07, 6.45) is 5.01. The lowest BCUT2D eigenvalue weighted by molar-refractivity contribution is 0.431. The molecule has 0 amide bonds. The number of aromatic nitrogens is 3. The number of piperidine rings is 1. The lowest BCUT2D eigenvalue weighted by atomic mass is 9.99. The van der Waals surface area contributed by atoms with Crippen molar-refractivity contribution in [1.29, 1.82) is 0 Å². The van der Waals surface area contributed by atoms with Crippen LogP contribution in [0, 0.1) is 4.77 Å². The molecule has 1 saturated carbocycles. The van der Waals surface area contributed by atoms with E-state index in [-0.39, 0.29) is 0 Å². The Hall–Kier alpha value is -0.680. The lowest BCUT2D eigenvalue weighted by Crippen LogP contribution is -2.30. The van der Waals surface area contributed by atoms with Gasteiger partial charge in [-0.3, -0.25) is 5.10 Å². The SMILES string of the molecule is S=c1[nH]nc([C@H]2CCCNC2)n1C1CC1. The van der Waals surface area contributed by atoms with E-state index in [2.05, 4.69) is 20.1 Å². The molecule has 1 aliphatic carbocycles. The average Bonchev–Trinajstić information content (AvgIpc) is 3.03. The Morgan fingerprint density at radius 2 is 2.20 bits per heavy atom. The Kier molecular flexibility index (Phi) is 2.36. The van der Waals surface area contributed by atoms with Crippen LogP contribution in [0.1, 0.15) is 43.5 Å². The van der Waals surface area contributed by atoms with E-state index in [9.17, 15) is 0 Å². The number of hydrogen-bond donors (Lipinski definition) is 2. The van der Waals surface area contributed by atoms with Crippen LogP contribution in [0.25, 0.3) is 0 Å². The van der Waals surface area contributed by atoms with Gasteiger partial charge in [-0.05, 0) is 44.4 Å². The van der Waals surface area contributed by atoms with E-state index in [1.165, 1.54) is 31.5 Å². The summed E-state index contributed by atoms with van der Waals surface area (Å²) in [5, 5.41) is 10.8. The fourth-order valence-corrected chi connectivity index (χ4v) is 2.65. The second-order valence-electron chi connectivity index (χ2n) is 4.53. The quantitative estimate of drug-likeness (QED) is 0.752. The first-order valence-electron chi connectivity index (χ1n) is 5.74. The summed E-state index contributed by atoms with van der Waals surface area (Å²) in [5.41, 5.74) is 0. The Morgan fingerprint density at radius 1 is 1.33 bits per heavy atom. The summed E-state index contributed by atoms with van der Waals surface area (Å²) in [5.74, 6) is 1.72. The van der Waals surface area contributed by atoms with Crippen LogP contribution in [0.2, 0.25) is 0 Å². The molecule has 1 aromatic heterocycles. The molecule has 1 saturated heterocycles. The summed E-state index contributed by atoms with van der Waals surface area (Å²) in [7, 11) is 0. The zero-order chi connectivity index (χ0) is 10.3. The van der Waals surface area contributed by atoms with Crippen molar-refractivity contribution < 1.29 is 0 Å². The van der Waals surface area contributed by atoms with Gasteiger partial charge in [-0.15, -0.1) is 0 Å². The number of aromatic amines is 1. The molecule has 2 aliphatic rings. The highest BCUT2D eigenvalue weighted by Crippen LogP contribution is 2.37. The van der Waals surface area contributed by atoms with Gasteiger partial charge < -0.3 is 9.88 Å². The van der Waals surface area contributed by atoms with Gasteiger partial charge in [-0.1, -0.05) is 0 Å². The molecule has 15 heavy (non-hydrogen) atoms. The summed E-state index contributed by atoms with van der Waals surface area (Å²) >= 11 is 5.28. The first-order chi connectivity index (χ1) is 7.36. The molecule has 0 aromatic carbocycles. The van der Waals surface area contributed by atoms with Gasteiger partial charge in [0.25, 0.3) is 0 Å². The van der Waals surface area contributed by atoms with E-state index in [0.717, 1.165) is 17.9 Å². The van der Waals surface area contributed by atoms with E-state index in [0.29, 0.717) is 12.0 Å². The van der Waals surface area contributed by atoms with Crippen LogP contribution in [0.4, 0.5) is 0 Å². The van der Waals surface area contributed by atoms with Gasteiger partial charge in [0.05, 0.1) is 0 Å². The highest BCUT2D eigenvalue weighted by atomic mass is 32.1. The molecule has 2 heterocycles. The maximum Gasteiger partial charge on any atom is 0.195 e. The van der Waals surface area contributed by atoms with E-state index in [4.69, 9.17) is 12.2 Å². The molecule has 82 valence electrons. The summed E-state index contributed by atoms with van der Waals surface area (Å²) in [6, 6.07) is 0.633. The molecule has 2 N–H and O–H groups in total. The summed E-state index contributed by atoms with van der Waals surface area (Å²) < 4.78 is 3.05. The van der Waals surface area contributed by atoms with Crippen LogP contribution >= 0.6 is 12.2 Å². The molecule has 0 radical (unpaired) electrons. The molecule has 0 spiro atoms.